The third-order valence-corrected chi connectivity index (χ3v) is 7.36. The average molecular weight is 494 g/mol. The fourth-order valence-corrected chi connectivity index (χ4v) is 5.58. The van der Waals surface area contributed by atoms with Gasteiger partial charge in [0.15, 0.2) is 5.82 Å². The summed E-state index contributed by atoms with van der Waals surface area (Å²) in [6.45, 7) is 12.5. The molecule has 0 radical (unpaired) electrons. The minimum Gasteiger partial charge on any atom is -0.460 e. The van der Waals surface area contributed by atoms with E-state index in [4.69, 9.17) is 15.5 Å². The van der Waals surface area contributed by atoms with Gasteiger partial charge in [-0.2, -0.15) is 0 Å². The van der Waals surface area contributed by atoms with Crippen molar-refractivity contribution in [3.05, 3.63) is 63.0 Å². The van der Waals surface area contributed by atoms with E-state index in [-0.39, 0.29) is 12.4 Å². The number of benzene rings is 1. The van der Waals surface area contributed by atoms with Crippen LogP contribution in [-0.4, -0.2) is 38.6 Å². The Morgan fingerprint density at radius 1 is 1.11 bits per heavy atom. The van der Waals surface area contributed by atoms with Crippen LogP contribution in [0.3, 0.4) is 0 Å². The lowest BCUT2D eigenvalue weighted by molar-refractivity contribution is -0.155. The number of aromatic nitrogens is 3. The number of nitrogens with two attached hydrogens (primary N) is 1. The highest BCUT2D eigenvalue weighted by Gasteiger charge is 2.33. The monoisotopic (exact) mass is 493 g/mol. The Labute approximate surface area is 211 Å². The van der Waals surface area contributed by atoms with Crippen molar-refractivity contribution in [1.82, 2.24) is 14.8 Å². The van der Waals surface area contributed by atoms with E-state index >= 15 is 0 Å². The first-order valence-corrected chi connectivity index (χ1v) is 13.0. The second-order valence-corrected chi connectivity index (χ2v) is 11.3. The van der Waals surface area contributed by atoms with Crippen LogP contribution in [-0.2, 0) is 16.0 Å². The number of unbranched alkanes of at least 4 members (excludes halogenated alkanes) is 1. The lowest BCUT2D eigenvalue weighted by Crippen LogP contribution is -2.25. The zero-order valence-corrected chi connectivity index (χ0v) is 22.3. The normalized spacial score (nSPS) is 15.3. The number of rotatable bonds is 7. The van der Waals surface area contributed by atoms with Crippen molar-refractivity contribution >= 4 is 23.0 Å². The molecule has 3 heterocycles. The number of hydrogen-bond donors (Lipinski definition) is 1. The van der Waals surface area contributed by atoms with Crippen molar-refractivity contribution < 1.29 is 9.53 Å². The Balaban J connectivity index is 1.80. The summed E-state index contributed by atoms with van der Waals surface area (Å²) in [5, 5.41) is 9.86. The first kappa shape index (κ1) is 25.3. The first-order chi connectivity index (χ1) is 16.6. The third-order valence-electron chi connectivity index (χ3n) is 6.17. The Morgan fingerprint density at radius 2 is 1.83 bits per heavy atom. The predicted octanol–water partition coefficient (Wildman–Crippen LogP) is 5.16. The van der Waals surface area contributed by atoms with Crippen molar-refractivity contribution in [2.45, 2.75) is 78.9 Å². The molecule has 0 fully saturated rings. The summed E-state index contributed by atoms with van der Waals surface area (Å²) < 4.78 is 7.70. The van der Waals surface area contributed by atoms with Gasteiger partial charge in [-0.15, -0.1) is 21.5 Å². The predicted molar refractivity (Wildman–Crippen MR) is 141 cm³/mol. The molecule has 4 rings (SSSR count). The van der Waals surface area contributed by atoms with Crippen LogP contribution in [0.4, 0.5) is 0 Å². The van der Waals surface area contributed by atoms with Crippen LogP contribution in [0.2, 0.25) is 0 Å². The quantitative estimate of drug-likeness (QED) is 0.362. The Bertz CT molecular complexity index is 1250. The summed E-state index contributed by atoms with van der Waals surface area (Å²) >= 11 is 1.71. The number of hydrogen-bond acceptors (Lipinski definition) is 7. The highest BCUT2D eigenvalue weighted by molar-refractivity contribution is 7.15. The SMILES string of the molecule is Cc1sc2c(c1C)C(c1ccc(CCCCN)cc1)=N[C@H](CC(=O)OC(C)(C)C)c1nnc(C)n1-2. The smallest absolute Gasteiger partial charge is 0.308 e. The highest BCUT2D eigenvalue weighted by Crippen LogP contribution is 2.39. The molecule has 7 nitrogen and oxygen atoms in total. The van der Waals surface area contributed by atoms with Gasteiger partial charge in [0.05, 0.1) is 12.1 Å². The van der Waals surface area contributed by atoms with Crippen LogP contribution >= 0.6 is 11.3 Å². The van der Waals surface area contributed by atoms with Gasteiger partial charge in [0, 0.05) is 16.0 Å². The molecule has 2 N–H and O–H groups in total. The number of carbonyl (C=O) groups is 1. The summed E-state index contributed by atoms with van der Waals surface area (Å²) in [6, 6.07) is 8.11. The topological polar surface area (TPSA) is 95.4 Å². The van der Waals surface area contributed by atoms with Gasteiger partial charge in [-0.3, -0.25) is 14.4 Å². The molecule has 0 saturated carbocycles. The van der Waals surface area contributed by atoms with Gasteiger partial charge < -0.3 is 10.5 Å². The maximum absolute atomic E-state index is 12.8. The lowest BCUT2D eigenvalue weighted by Gasteiger charge is -2.21. The van der Waals surface area contributed by atoms with Gasteiger partial charge in [0.25, 0.3) is 0 Å². The number of esters is 1. The van der Waals surface area contributed by atoms with Crippen LogP contribution in [0.25, 0.3) is 5.00 Å². The number of aliphatic imine (C=N–C) groups is 1. The molecule has 8 heteroatoms. The summed E-state index contributed by atoms with van der Waals surface area (Å²) in [5.74, 6) is 1.15. The molecule has 186 valence electrons. The molecule has 1 atom stereocenters. The van der Waals surface area contributed by atoms with Crippen molar-refractivity contribution in [2.75, 3.05) is 6.54 Å². The fraction of sp³-hybridized carbons (Fsp3) is 0.481. The Hall–Kier alpha value is -2.84. The van der Waals surface area contributed by atoms with Gasteiger partial charge in [-0.25, -0.2) is 0 Å². The molecular formula is C27H35N5O2S. The van der Waals surface area contributed by atoms with Gasteiger partial charge in [0.1, 0.15) is 22.5 Å². The Morgan fingerprint density at radius 3 is 2.49 bits per heavy atom. The van der Waals surface area contributed by atoms with Crippen molar-refractivity contribution in [1.29, 1.82) is 0 Å². The van der Waals surface area contributed by atoms with Crippen LogP contribution < -0.4 is 5.73 Å². The molecule has 35 heavy (non-hydrogen) atoms. The number of nitrogens with zero attached hydrogens (tertiary/aromatic N) is 4. The average Bonchev–Trinajstić information content (AvgIpc) is 3.25. The van der Waals surface area contributed by atoms with E-state index in [0.29, 0.717) is 5.82 Å². The van der Waals surface area contributed by atoms with E-state index in [0.717, 1.165) is 53.5 Å². The largest absolute Gasteiger partial charge is 0.460 e. The molecule has 0 amide bonds. The molecular weight excluding hydrogens is 458 g/mol. The summed E-state index contributed by atoms with van der Waals surface area (Å²) in [6.07, 6.45) is 3.21. The lowest BCUT2D eigenvalue weighted by atomic mass is 9.97. The molecule has 1 aliphatic rings. The molecule has 0 saturated heterocycles. The van der Waals surface area contributed by atoms with Crippen LogP contribution in [0.15, 0.2) is 29.3 Å². The van der Waals surface area contributed by atoms with E-state index in [1.54, 1.807) is 11.3 Å². The van der Waals surface area contributed by atoms with Crippen molar-refractivity contribution in [2.24, 2.45) is 10.7 Å². The van der Waals surface area contributed by atoms with Gasteiger partial charge in [-0.1, -0.05) is 24.3 Å². The molecule has 3 aromatic rings. The molecule has 2 aromatic heterocycles. The van der Waals surface area contributed by atoms with Crippen molar-refractivity contribution in [3.63, 3.8) is 0 Å². The first-order valence-electron chi connectivity index (χ1n) is 12.2. The van der Waals surface area contributed by atoms with Crippen LogP contribution in [0, 0.1) is 20.8 Å². The second-order valence-electron chi connectivity index (χ2n) is 10.1. The van der Waals surface area contributed by atoms with Gasteiger partial charge >= 0.3 is 5.97 Å². The number of aryl methyl sites for hydroxylation is 3. The van der Waals surface area contributed by atoms with E-state index in [2.05, 4.69) is 52.9 Å². The molecule has 1 aliphatic heterocycles. The van der Waals surface area contributed by atoms with E-state index < -0.39 is 11.6 Å². The highest BCUT2D eigenvalue weighted by atomic mass is 32.1. The third kappa shape index (κ3) is 5.38. The molecule has 0 aliphatic carbocycles. The minimum absolute atomic E-state index is 0.100. The standard InChI is InChI=1S/C27H35N5O2S/c1-16-17(2)35-26-23(16)24(20-12-10-19(11-13-20)9-7-8-14-28)29-21(15-22(33)34-27(4,5)6)25-31-30-18(3)32(25)26/h10-13,21H,7-9,14-15,28H2,1-6H3/t21-/m1/s1. The van der Waals surface area contributed by atoms with E-state index in [1.807, 2.05) is 27.7 Å². The Kier molecular flexibility index (Phi) is 7.24. The summed E-state index contributed by atoms with van der Waals surface area (Å²) in [4.78, 5) is 19.2. The maximum Gasteiger partial charge on any atom is 0.308 e. The molecule has 1 aromatic carbocycles. The molecule has 0 spiro atoms. The fourth-order valence-electron chi connectivity index (χ4n) is 4.37. The number of carbonyl (C=O) groups excluding carboxylic acids is 1. The molecule has 0 unspecified atom stereocenters. The second kappa shape index (κ2) is 10.0. The van der Waals surface area contributed by atoms with Crippen LogP contribution in [0.5, 0.6) is 0 Å². The zero-order valence-electron chi connectivity index (χ0n) is 21.5. The van der Waals surface area contributed by atoms with Gasteiger partial charge in [-0.05, 0) is 78.5 Å². The number of ether oxygens (including phenoxy) is 1. The van der Waals surface area contributed by atoms with Gasteiger partial charge in [0.2, 0.25) is 0 Å². The van der Waals surface area contributed by atoms with Crippen LogP contribution in [0.1, 0.15) is 84.9 Å². The number of thiophene rings is 1. The summed E-state index contributed by atoms with van der Waals surface area (Å²) in [7, 11) is 0. The van der Waals surface area contributed by atoms with E-state index in [1.165, 1.54) is 16.0 Å². The molecule has 0 bridgehead atoms. The number of fused-ring (bicyclic) bond motifs is 3. The summed E-state index contributed by atoms with van der Waals surface area (Å²) in [5.41, 5.74) is 10.6. The zero-order chi connectivity index (χ0) is 25.3. The minimum atomic E-state index is -0.566. The maximum atomic E-state index is 12.8. The van der Waals surface area contributed by atoms with E-state index in [9.17, 15) is 4.79 Å². The van der Waals surface area contributed by atoms with Crippen molar-refractivity contribution in [3.8, 4) is 5.00 Å².